The molecule has 12 nitrogen and oxygen atoms in total. The van der Waals surface area contributed by atoms with Gasteiger partial charge in [0.2, 0.25) is 18.0 Å². The van der Waals surface area contributed by atoms with E-state index in [1.807, 2.05) is 26.1 Å². The minimum atomic E-state index is -0.748. The van der Waals surface area contributed by atoms with Gasteiger partial charge in [0.1, 0.15) is 5.39 Å². The maximum Gasteiger partial charge on any atom is 0.337 e. The maximum absolute atomic E-state index is 12.5. The third-order valence-corrected chi connectivity index (χ3v) is 7.27. The summed E-state index contributed by atoms with van der Waals surface area (Å²) in [6.45, 7) is 20.4. The van der Waals surface area contributed by atoms with Crippen LogP contribution < -0.4 is 33.1 Å². The molecular weight excluding hydrogens is 604 g/mol. The molecule has 12 heteroatoms. The van der Waals surface area contributed by atoms with Crippen molar-refractivity contribution in [2.75, 3.05) is 5.32 Å². The van der Waals surface area contributed by atoms with Gasteiger partial charge in [0.05, 0.1) is 0 Å². The van der Waals surface area contributed by atoms with E-state index in [2.05, 4.69) is 44.9 Å². The number of aryl methyl sites for hydroxylation is 2. The Morgan fingerprint density at radius 3 is 1.96 bits per heavy atom. The van der Waals surface area contributed by atoms with E-state index in [4.69, 9.17) is 8.83 Å². The highest BCUT2D eigenvalue weighted by atomic mass is 16.4. The van der Waals surface area contributed by atoms with E-state index in [0.29, 0.717) is 33.9 Å². The number of carbonyl (C=O) groups is 2. The number of anilines is 1. The molecule has 3 amide bonds. The van der Waals surface area contributed by atoms with Gasteiger partial charge in [-0.25, -0.2) is 19.2 Å². The van der Waals surface area contributed by atoms with Crippen LogP contribution in [-0.2, 0) is 11.2 Å². The Bertz CT molecular complexity index is 1680. The second kappa shape index (κ2) is 19.4. The number of aromatic amines is 1. The number of hydrogen-bond acceptors (Lipinski definition) is 8. The zero-order valence-corrected chi connectivity index (χ0v) is 29.8. The molecule has 3 aromatic rings. The normalized spacial score (nSPS) is 14.0. The minimum absolute atomic E-state index is 0.0186. The fraction of sp³-hybridized carbons (Fsp3) is 0.600. The number of urea groups is 1. The summed E-state index contributed by atoms with van der Waals surface area (Å²) in [5, 5.41) is 4.43. The van der Waals surface area contributed by atoms with Gasteiger partial charge < -0.3 is 8.83 Å². The molecule has 0 radical (unpaired) electrons. The van der Waals surface area contributed by atoms with E-state index in [-0.39, 0.29) is 29.6 Å². The van der Waals surface area contributed by atoms with Crippen molar-refractivity contribution in [3.05, 3.63) is 70.5 Å². The molecule has 0 bridgehead atoms. The van der Waals surface area contributed by atoms with Gasteiger partial charge in [-0.1, -0.05) is 81.1 Å². The van der Waals surface area contributed by atoms with Crippen molar-refractivity contribution in [3.63, 3.8) is 0 Å². The van der Waals surface area contributed by atoms with Crippen molar-refractivity contribution < 1.29 is 18.4 Å². The molecule has 2 saturated carbocycles. The van der Waals surface area contributed by atoms with Crippen LogP contribution in [0.5, 0.6) is 0 Å². The standard InChI is InChI=1S/C13H14N2O4.C9H10N2O4.C6H12.C5H12.C2H6/c1-2-7-6-9(16)19-11-10(7)12(17)15(13(18)14-11)8-4-3-5-8;1-5-3-7(13)15-8(6(5)2)11-9(14)10-4-12;1-6-4-2-3-5-6;1-5(2,3)4;1-2/h6,8H,2-5H2,1H3,(H,14,18);3-4H,1-2H3,(H2,10,11,12,14);6H,2-5H2,1H3;1-4H3;1-2H3. The monoisotopic (exact) mass is 658 g/mol. The Labute approximate surface area is 276 Å². The fourth-order valence-corrected chi connectivity index (χ4v) is 4.60. The van der Waals surface area contributed by atoms with Gasteiger partial charge in [-0.05, 0) is 62.0 Å². The van der Waals surface area contributed by atoms with Crippen molar-refractivity contribution in [2.24, 2.45) is 11.3 Å². The third kappa shape index (κ3) is 13.6. The number of hydrogen-bond donors (Lipinski definition) is 3. The number of H-pyrrole nitrogens is 1. The highest BCUT2D eigenvalue weighted by Gasteiger charge is 2.25. The molecule has 2 aliphatic rings. The fourth-order valence-electron chi connectivity index (χ4n) is 4.60. The average molecular weight is 659 g/mol. The first-order chi connectivity index (χ1) is 22.0. The second-order valence-corrected chi connectivity index (χ2v) is 13.1. The van der Waals surface area contributed by atoms with Gasteiger partial charge >= 0.3 is 23.0 Å². The Morgan fingerprint density at radius 2 is 1.51 bits per heavy atom. The van der Waals surface area contributed by atoms with Crippen LogP contribution in [-0.4, -0.2) is 22.0 Å². The lowest BCUT2D eigenvalue weighted by atomic mass is 9.93. The number of aromatic nitrogens is 2. The molecule has 0 aromatic carbocycles. The molecule has 2 fully saturated rings. The van der Waals surface area contributed by atoms with E-state index in [1.54, 1.807) is 13.8 Å². The summed E-state index contributed by atoms with van der Waals surface area (Å²) in [5.74, 6) is 1.09. The van der Waals surface area contributed by atoms with Crippen LogP contribution in [0.1, 0.15) is 123 Å². The first-order valence-corrected chi connectivity index (χ1v) is 16.5. The number of imide groups is 1. The van der Waals surface area contributed by atoms with Gasteiger partial charge in [-0.3, -0.25) is 29.8 Å². The first-order valence-electron chi connectivity index (χ1n) is 16.5. The predicted octanol–water partition coefficient (Wildman–Crippen LogP) is 6.74. The van der Waals surface area contributed by atoms with Crippen LogP contribution in [0.4, 0.5) is 10.7 Å². The van der Waals surface area contributed by atoms with Crippen molar-refractivity contribution in [3.8, 4) is 0 Å². The van der Waals surface area contributed by atoms with Crippen LogP contribution in [0.15, 0.2) is 40.1 Å². The van der Waals surface area contributed by atoms with Crippen molar-refractivity contribution in [1.29, 1.82) is 0 Å². The van der Waals surface area contributed by atoms with Crippen LogP contribution in [0, 0.1) is 25.2 Å². The van der Waals surface area contributed by atoms with E-state index >= 15 is 0 Å². The quantitative estimate of drug-likeness (QED) is 0.258. The smallest absolute Gasteiger partial charge is 0.337 e. The van der Waals surface area contributed by atoms with Crippen molar-refractivity contribution in [2.45, 2.75) is 127 Å². The molecule has 47 heavy (non-hydrogen) atoms. The lowest BCUT2D eigenvalue weighted by Gasteiger charge is -2.26. The number of nitrogens with one attached hydrogen (secondary N) is 3. The van der Waals surface area contributed by atoms with E-state index in [9.17, 15) is 28.8 Å². The molecule has 3 N–H and O–H groups in total. The van der Waals surface area contributed by atoms with Crippen LogP contribution in [0.3, 0.4) is 0 Å². The van der Waals surface area contributed by atoms with Gasteiger partial charge in [0, 0.05) is 23.7 Å². The van der Waals surface area contributed by atoms with Gasteiger partial charge in [0.25, 0.3) is 5.56 Å². The Hall–Kier alpha value is -4.22. The molecule has 0 spiro atoms. The summed E-state index contributed by atoms with van der Waals surface area (Å²) in [6.07, 6.45) is 9.42. The molecule has 0 unspecified atom stereocenters. The van der Waals surface area contributed by atoms with E-state index in [0.717, 1.165) is 25.2 Å². The number of amides is 3. The topological polar surface area (TPSA) is 173 Å². The summed E-state index contributed by atoms with van der Waals surface area (Å²) >= 11 is 0. The van der Waals surface area contributed by atoms with Crippen LogP contribution >= 0.6 is 0 Å². The summed E-state index contributed by atoms with van der Waals surface area (Å²) in [6, 6.07) is 1.85. The minimum Gasteiger partial charge on any atom is -0.406 e. The lowest BCUT2D eigenvalue weighted by Crippen LogP contribution is -2.40. The predicted molar refractivity (Wildman–Crippen MR) is 186 cm³/mol. The Morgan fingerprint density at radius 1 is 0.957 bits per heavy atom. The maximum atomic E-state index is 12.5. The molecule has 0 aliphatic heterocycles. The SMILES string of the molecule is CC.CC(C)(C)C.CC1CCCC1.CCc1cc(=O)oc2[nH]c(=O)n(C3CCC3)c(=O)c12.Cc1cc(=O)oc(NC(=O)NC=O)c1C. The molecule has 5 rings (SSSR count). The van der Waals surface area contributed by atoms with Crippen LogP contribution in [0.25, 0.3) is 11.1 Å². The lowest BCUT2D eigenvalue weighted by molar-refractivity contribution is -0.108. The number of rotatable bonds is 4. The third-order valence-electron chi connectivity index (χ3n) is 7.27. The first kappa shape index (κ1) is 40.8. The summed E-state index contributed by atoms with van der Waals surface area (Å²) < 4.78 is 10.9. The number of nitrogens with zero attached hydrogens (tertiary/aromatic N) is 1. The van der Waals surface area contributed by atoms with E-state index in [1.165, 1.54) is 42.4 Å². The highest BCUT2D eigenvalue weighted by Crippen LogP contribution is 2.29. The molecule has 262 valence electrons. The zero-order chi connectivity index (χ0) is 35.9. The molecular formula is C35H54N4O8. The number of carbonyl (C=O) groups excluding carboxylic acids is 2. The number of fused-ring (bicyclic) bond motifs is 1. The van der Waals surface area contributed by atoms with Gasteiger partial charge in [-0.15, -0.1) is 0 Å². The Kier molecular flexibility index (Phi) is 16.9. The van der Waals surface area contributed by atoms with Crippen molar-refractivity contribution in [1.82, 2.24) is 14.9 Å². The zero-order valence-electron chi connectivity index (χ0n) is 29.8. The average Bonchev–Trinajstić information content (AvgIpc) is 3.44. The van der Waals surface area contributed by atoms with Crippen LogP contribution in [0.2, 0.25) is 0 Å². The molecule has 3 heterocycles. The highest BCUT2D eigenvalue weighted by molar-refractivity contribution is 5.94. The van der Waals surface area contributed by atoms with Gasteiger partial charge in [-0.2, -0.15) is 0 Å². The summed E-state index contributed by atoms with van der Waals surface area (Å²) in [5.41, 5.74) is 0.460. The summed E-state index contributed by atoms with van der Waals surface area (Å²) in [4.78, 5) is 70.2. The second-order valence-electron chi connectivity index (χ2n) is 13.1. The Balaban J connectivity index is 0.000000348. The molecule has 0 atom stereocenters. The summed E-state index contributed by atoms with van der Waals surface area (Å²) in [7, 11) is 0. The molecule has 2 aliphatic carbocycles. The van der Waals surface area contributed by atoms with E-state index < -0.39 is 23.0 Å². The molecule has 0 saturated heterocycles. The van der Waals surface area contributed by atoms with Crippen molar-refractivity contribution >= 4 is 29.4 Å². The molecule has 3 aromatic heterocycles. The largest absolute Gasteiger partial charge is 0.406 e. The van der Waals surface area contributed by atoms with Gasteiger partial charge in [0.15, 0.2) is 0 Å².